The Bertz CT molecular complexity index is 1110. The summed E-state index contributed by atoms with van der Waals surface area (Å²) in [5, 5.41) is 0.679. The van der Waals surface area contributed by atoms with Gasteiger partial charge in [-0.1, -0.05) is 35.1 Å². The fraction of sp³-hybridized carbons (Fsp3) is 0.182. The van der Waals surface area contributed by atoms with Crippen LogP contribution in [0.25, 0.3) is 10.2 Å². The summed E-state index contributed by atoms with van der Waals surface area (Å²) in [5.41, 5.74) is 4.78. The number of amides is 1. The Labute approximate surface area is 162 Å². The van der Waals surface area contributed by atoms with E-state index in [-0.39, 0.29) is 5.91 Å². The van der Waals surface area contributed by atoms with Gasteiger partial charge in [0.1, 0.15) is 5.76 Å². The molecule has 0 spiro atoms. The molecular weight excluding hydrogens is 356 g/mol. The number of anilines is 1. The van der Waals surface area contributed by atoms with Crippen molar-refractivity contribution in [3.05, 3.63) is 82.8 Å². The smallest absolute Gasteiger partial charge is 0.260 e. The lowest BCUT2D eigenvalue weighted by atomic mass is 10.0. The lowest BCUT2D eigenvalue weighted by Crippen LogP contribution is -2.30. The SMILES string of the molecule is Cc1ccc(C)c(C(=O)N(Cc2ccco2)c2nc3ccc(C)cc3s2)c1. The average molecular weight is 376 g/mol. The Kier molecular flexibility index (Phi) is 4.54. The zero-order chi connectivity index (χ0) is 19.0. The van der Waals surface area contributed by atoms with Crippen LogP contribution in [0.4, 0.5) is 5.13 Å². The molecule has 0 aliphatic rings. The van der Waals surface area contributed by atoms with Crippen LogP contribution in [-0.4, -0.2) is 10.9 Å². The fourth-order valence-corrected chi connectivity index (χ4v) is 4.09. The van der Waals surface area contributed by atoms with Crippen molar-refractivity contribution >= 4 is 32.6 Å². The van der Waals surface area contributed by atoms with Gasteiger partial charge in [0.05, 0.1) is 23.0 Å². The second kappa shape index (κ2) is 7.00. The van der Waals surface area contributed by atoms with Gasteiger partial charge in [0, 0.05) is 5.56 Å². The first kappa shape index (κ1) is 17.5. The standard InChI is InChI=1S/C22H20N2O2S/c1-14-6-8-16(3)18(11-14)21(25)24(13-17-5-4-10-26-17)22-23-19-9-7-15(2)12-20(19)27-22/h4-12H,13H2,1-3H3. The molecule has 0 saturated carbocycles. The van der Waals surface area contributed by atoms with Gasteiger partial charge >= 0.3 is 0 Å². The van der Waals surface area contributed by atoms with E-state index < -0.39 is 0 Å². The van der Waals surface area contributed by atoms with Crippen molar-refractivity contribution in [3.8, 4) is 0 Å². The summed E-state index contributed by atoms with van der Waals surface area (Å²) in [6.07, 6.45) is 1.62. The molecule has 5 heteroatoms. The number of hydrogen-bond donors (Lipinski definition) is 0. The molecule has 0 atom stereocenters. The Morgan fingerprint density at radius 3 is 2.63 bits per heavy atom. The number of fused-ring (bicyclic) bond motifs is 1. The third-order valence-corrected chi connectivity index (χ3v) is 5.57. The normalized spacial score (nSPS) is 11.1. The molecule has 1 amide bonds. The minimum Gasteiger partial charge on any atom is -0.467 e. The van der Waals surface area contributed by atoms with Crippen molar-refractivity contribution < 1.29 is 9.21 Å². The maximum atomic E-state index is 13.4. The molecule has 4 rings (SSSR count). The molecule has 0 aliphatic heterocycles. The van der Waals surface area contributed by atoms with Crippen molar-refractivity contribution in [3.63, 3.8) is 0 Å². The van der Waals surface area contributed by atoms with Crippen molar-refractivity contribution in [1.29, 1.82) is 0 Å². The predicted octanol–water partition coefficient (Wildman–Crippen LogP) is 5.66. The van der Waals surface area contributed by atoms with Crippen LogP contribution in [0.1, 0.15) is 32.8 Å². The van der Waals surface area contributed by atoms with Crippen molar-refractivity contribution in [2.45, 2.75) is 27.3 Å². The molecule has 2 heterocycles. The second-order valence-electron chi connectivity index (χ2n) is 6.76. The van der Waals surface area contributed by atoms with Crippen LogP contribution in [0.5, 0.6) is 0 Å². The summed E-state index contributed by atoms with van der Waals surface area (Å²) in [6.45, 7) is 6.35. The van der Waals surface area contributed by atoms with Crippen molar-refractivity contribution in [1.82, 2.24) is 4.98 Å². The number of furan rings is 1. The molecule has 4 aromatic rings. The topological polar surface area (TPSA) is 46.3 Å². The highest BCUT2D eigenvalue weighted by Gasteiger charge is 2.24. The Morgan fingerprint density at radius 2 is 1.85 bits per heavy atom. The third-order valence-electron chi connectivity index (χ3n) is 4.53. The number of benzene rings is 2. The van der Waals surface area contributed by atoms with E-state index in [9.17, 15) is 4.79 Å². The van der Waals surface area contributed by atoms with Gasteiger partial charge in [-0.2, -0.15) is 0 Å². The summed E-state index contributed by atoms with van der Waals surface area (Å²) < 4.78 is 6.57. The fourth-order valence-electron chi connectivity index (χ4n) is 3.03. The van der Waals surface area contributed by atoms with Crippen LogP contribution in [-0.2, 0) is 6.54 Å². The van der Waals surface area contributed by atoms with Crippen molar-refractivity contribution in [2.24, 2.45) is 0 Å². The Morgan fingerprint density at radius 1 is 1.07 bits per heavy atom. The van der Waals surface area contributed by atoms with Crippen LogP contribution in [0.15, 0.2) is 59.2 Å². The molecule has 2 aromatic carbocycles. The monoisotopic (exact) mass is 376 g/mol. The van der Waals surface area contributed by atoms with E-state index in [4.69, 9.17) is 9.40 Å². The van der Waals surface area contributed by atoms with E-state index in [1.165, 1.54) is 16.9 Å². The molecular formula is C22H20N2O2S. The first-order valence-corrected chi connectivity index (χ1v) is 9.61. The van der Waals surface area contributed by atoms with E-state index in [2.05, 4.69) is 13.0 Å². The van der Waals surface area contributed by atoms with Crippen LogP contribution in [0.2, 0.25) is 0 Å². The average Bonchev–Trinajstić information content (AvgIpc) is 3.30. The van der Waals surface area contributed by atoms with Crippen LogP contribution < -0.4 is 4.90 Å². The molecule has 0 saturated heterocycles. The van der Waals surface area contributed by atoms with Crippen molar-refractivity contribution in [2.75, 3.05) is 4.90 Å². The van der Waals surface area contributed by atoms with E-state index >= 15 is 0 Å². The predicted molar refractivity (Wildman–Crippen MR) is 109 cm³/mol. The number of carbonyl (C=O) groups excluding carboxylic acids is 1. The summed E-state index contributed by atoms with van der Waals surface area (Å²) in [7, 11) is 0. The van der Waals surface area contributed by atoms with Gasteiger partial charge in [-0.3, -0.25) is 9.69 Å². The zero-order valence-corrected chi connectivity index (χ0v) is 16.3. The van der Waals surface area contributed by atoms with Gasteiger partial charge in [0.15, 0.2) is 5.13 Å². The highest BCUT2D eigenvalue weighted by Crippen LogP contribution is 2.32. The number of rotatable bonds is 4. The quantitative estimate of drug-likeness (QED) is 0.461. The zero-order valence-electron chi connectivity index (χ0n) is 15.5. The van der Waals surface area contributed by atoms with Gasteiger partial charge in [0.25, 0.3) is 5.91 Å². The van der Waals surface area contributed by atoms with E-state index in [0.717, 1.165) is 27.1 Å². The number of aryl methyl sites for hydroxylation is 3. The number of thiazole rings is 1. The van der Waals surface area contributed by atoms with E-state index in [1.807, 2.05) is 56.3 Å². The maximum absolute atomic E-state index is 13.4. The van der Waals surface area contributed by atoms with Crippen LogP contribution >= 0.6 is 11.3 Å². The highest BCUT2D eigenvalue weighted by molar-refractivity contribution is 7.22. The van der Waals surface area contributed by atoms with E-state index in [1.54, 1.807) is 11.2 Å². The summed E-state index contributed by atoms with van der Waals surface area (Å²) in [4.78, 5) is 19.9. The van der Waals surface area contributed by atoms with E-state index in [0.29, 0.717) is 17.2 Å². The molecule has 136 valence electrons. The molecule has 2 aromatic heterocycles. The lowest BCUT2D eigenvalue weighted by molar-refractivity contribution is 0.0982. The number of carbonyl (C=O) groups is 1. The first-order chi connectivity index (χ1) is 13.0. The molecule has 0 N–H and O–H groups in total. The number of hydrogen-bond acceptors (Lipinski definition) is 4. The highest BCUT2D eigenvalue weighted by atomic mass is 32.1. The van der Waals surface area contributed by atoms with Gasteiger partial charge in [-0.25, -0.2) is 4.98 Å². The number of aromatic nitrogens is 1. The van der Waals surface area contributed by atoms with Gasteiger partial charge in [-0.05, 0) is 62.2 Å². The Hall–Kier alpha value is -2.92. The summed E-state index contributed by atoms with van der Waals surface area (Å²) in [5.74, 6) is 0.660. The third kappa shape index (κ3) is 3.51. The minimum absolute atomic E-state index is 0.0663. The molecule has 0 aliphatic carbocycles. The summed E-state index contributed by atoms with van der Waals surface area (Å²) in [6, 6.07) is 15.8. The molecule has 0 unspecified atom stereocenters. The molecule has 0 bridgehead atoms. The maximum Gasteiger partial charge on any atom is 0.260 e. The molecule has 0 radical (unpaired) electrons. The second-order valence-corrected chi connectivity index (χ2v) is 7.77. The van der Waals surface area contributed by atoms with Gasteiger partial charge < -0.3 is 4.42 Å². The van der Waals surface area contributed by atoms with Gasteiger partial charge in [-0.15, -0.1) is 0 Å². The molecule has 0 fully saturated rings. The van der Waals surface area contributed by atoms with Crippen LogP contribution in [0.3, 0.4) is 0 Å². The van der Waals surface area contributed by atoms with Gasteiger partial charge in [0.2, 0.25) is 0 Å². The number of nitrogens with zero attached hydrogens (tertiary/aromatic N) is 2. The largest absolute Gasteiger partial charge is 0.467 e. The minimum atomic E-state index is -0.0663. The molecule has 27 heavy (non-hydrogen) atoms. The lowest BCUT2D eigenvalue weighted by Gasteiger charge is -2.20. The van der Waals surface area contributed by atoms with Crippen LogP contribution in [0, 0.1) is 20.8 Å². The molecule has 4 nitrogen and oxygen atoms in total. The Balaban J connectivity index is 1.80. The first-order valence-electron chi connectivity index (χ1n) is 8.80. The summed E-state index contributed by atoms with van der Waals surface area (Å²) >= 11 is 1.53.